The third-order valence-electron chi connectivity index (χ3n) is 5.58. The zero-order chi connectivity index (χ0) is 12.7. The average Bonchev–Trinajstić information content (AvgIpc) is 2.83. The molecule has 3 saturated heterocycles. The molecule has 3 aliphatic heterocycles. The third kappa shape index (κ3) is 1.95. The first kappa shape index (κ1) is 12.4. The Morgan fingerprint density at radius 3 is 2.67 bits per heavy atom. The minimum Gasteiger partial charge on any atom is -0.480 e. The molecule has 4 unspecified atom stereocenters. The number of rotatable bonds is 4. The van der Waals surface area contributed by atoms with E-state index >= 15 is 0 Å². The van der Waals surface area contributed by atoms with E-state index in [1.54, 1.807) is 7.05 Å². The van der Waals surface area contributed by atoms with Crippen LogP contribution in [0.15, 0.2) is 0 Å². The Morgan fingerprint density at radius 1 is 1.33 bits per heavy atom. The average molecular weight is 252 g/mol. The third-order valence-corrected chi connectivity index (χ3v) is 5.58. The van der Waals surface area contributed by atoms with E-state index in [1.807, 2.05) is 0 Å². The number of carbonyl (C=O) groups is 1. The molecular formula is C14H24N2O2. The van der Waals surface area contributed by atoms with Crippen molar-refractivity contribution in [3.8, 4) is 0 Å². The number of nitrogens with one attached hydrogen (secondary N) is 1. The van der Waals surface area contributed by atoms with Gasteiger partial charge in [-0.2, -0.15) is 0 Å². The molecule has 4 fully saturated rings. The van der Waals surface area contributed by atoms with Gasteiger partial charge < -0.3 is 10.4 Å². The molecule has 0 spiro atoms. The second-order valence-corrected chi connectivity index (χ2v) is 6.28. The van der Waals surface area contributed by atoms with Gasteiger partial charge in [-0.15, -0.1) is 0 Å². The van der Waals surface area contributed by atoms with Crippen molar-refractivity contribution in [2.45, 2.75) is 44.2 Å². The van der Waals surface area contributed by atoms with Gasteiger partial charge in [0.25, 0.3) is 0 Å². The minimum atomic E-state index is -0.697. The summed E-state index contributed by atoms with van der Waals surface area (Å²) in [4.78, 5) is 13.8. The predicted octanol–water partition coefficient (Wildman–Crippen LogP) is 1.17. The second kappa shape index (κ2) is 4.82. The van der Waals surface area contributed by atoms with Crippen LogP contribution < -0.4 is 5.32 Å². The van der Waals surface area contributed by atoms with Gasteiger partial charge in [0.15, 0.2) is 0 Å². The Kier molecular flexibility index (Phi) is 3.32. The van der Waals surface area contributed by atoms with Gasteiger partial charge >= 0.3 is 5.97 Å². The zero-order valence-corrected chi connectivity index (χ0v) is 11.1. The maximum atomic E-state index is 11.2. The van der Waals surface area contributed by atoms with E-state index in [1.165, 1.54) is 38.8 Å². The van der Waals surface area contributed by atoms with Gasteiger partial charge in [-0.1, -0.05) is 0 Å². The number of carboxylic acid groups (broad SMARTS) is 1. The lowest BCUT2D eigenvalue weighted by atomic mass is 9.73. The second-order valence-electron chi connectivity index (χ2n) is 6.28. The molecule has 0 aromatic carbocycles. The first-order valence-electron chi connectivity index (χ1n) is 7.35. The van der Waals surface area contributed by atoms with Crippen molar-refractivity contribution in [1.82, 2.24) is 10.2 Å². The van der Waals surface area contributed by atoms with Crippen LogP contribution in [0.2, 0.25) is 0 Å². The molecule has 4 rings (SSSR count). The quantitative estimate of drug-likeness (QED) is 0.788. The summed E-state index contributed by atoms with van der Waals surface area (Å²) in [5.41, 5.74) is 0. The van der Waals surface area contributed by atoms with Crippen molar-refractivity contribution in [2.75, 3.05) is 20.1 Å². The van der Waals surface area contributed by atoms with Crippen LogP contribution in [0, 0.1) is 17.8 Å². The Morgan fingerprint density at radius 2 is 2.06 bits per heavy atom. The van der Waals surface area contributed by atoms with Crippen LogP contribution in [-0.2, 0) is 4.79 Å². The van der Waals surface area contributed by atoms with Gasteiger partial charge in [-0.05, 0) is 70.0 Å². The first-order chi connectivity index (χ1) is 8.70. The molecule has 4 aliphatic rings. The number of hydrogen-bond donors (Lipinski definition) is 2. The molecule has 0 aromatic rings. The van der Waals surface area contributed by atoms with E-state index in [4.69, 9.17) is 0 Å². The molecule has 2 N–H and O–H groups in total. The highest BCUT2D eigenvalue weighted by Crippen LogP contribution is 2.49. The van der Waals surface area contributed by atoms with E-state index in [0.29, 0.717) is 12.0 Å². The summed E-state index contributed by atoms with van der Waals surface area (Å²) in [6, 6.07) is 0.322. The molecule has 0 radical (unpaired) electrons. The molecule has 2 bridgehead atoms. The molecule has 102 valence electrons. The van der Waals surface area contributed by atoms with Crippen LogP contribution in [0.5, 0.6) is 0 Å². The van der Waals surface area contributed by atoms with Crippen LogP contribution in [0.1, 0.15) is 32.1 Å². The number of fused-ring (bicyclic) bond motifs is 2. The number of hydrogen-bond acceptors (Lipinski definition) is 3. The SMILES string of the molecule is CNC(CC1CCC2C3CCN(CC3)C12)C(=O)O. The lowest BCUT2D eigenvalue weighted by Gasteiger charge is -2.50. The van der Waals surface area contributed by atoms with E-state index in [0.717, 1.165) is 18.3 Å². The highest BCUT2D eigenvalue weighted by atomic mass is 16.4. The van der Waals surface area contributed by atoms with Crippen molar-refractivity contribution in [1.29, 1.82) is 0 Å². The van der Waals surface area contributed by atoms with Crippen molar-refractivity contribution in [2.24, 2.45) is 17.8 Å². The predicted molar refractivity (Wildman–Crippen MR) is 69.4 cm³/mol. The molecule has 1 saturated carbocycles. The maximum Gasteiger partial charge on any atom is 0.320 e. The van der Waals surface area contributed by atoms with Crippen LogP contribution in [0.3, 0.4) is 0 Å². The molecule has 1 aliphatic carbocycles. The van der Waals surface area contributed by atoms with Gasteiger partial charge in [0, 0.05) is 6.04 Å². The number of piperidine rings is 3. The normalized spacial score (nSPS) is 43.7. The van der Waals surface area contributed by atoms with Crippen LogP contribution in [-0.4, -0.2) is 48.2 Å². The van der Waals surface area contributed by atoms with E-state index in [-0.39, 0.29) is 6.04 Å². The Hall–Kier alpha value is -0.610. The van der Waals surface area contributed by atoms with Crippen molar-refractivity contribution in [3.05, 3.63) is 0 Å². The molecule has 18 heavy (non-hydrogen) atoms. The summed E-state index contributed by atoms with van der Waals surface area (Å²) in [5, 5.41) is 12.1. The Bertz CT molecular complexity index is 326. The van der Waals surface area contributed by atoms with Crippen molar-refractivity contribution in [3.63, 3.8) is 0 Å². The summed E-state index contributed by atoms with van der Waals surface area (Å²) in [5.74, 6) is 1.69. The first-order valence-corrected chi connectivity index (χ1v) is 7.35. The summed E-state index contributed by atoms with van der Waals surface area (Å²) in [6.07, 6.45) is 6.11. The standard InChI is InChI=1S/C14H24N2O2/c1-15-12(14(17)18)8-10-2-3-11-9-4-6-16(7-5-9)13(10)11/h9-13,15H,2-8H2,1H3,(H,17,18). The molecule has 0 amide bonds. The van der Waals surface area contributed by atoms with Crippen LogP contribution in [0.4, 0.5) is 0 Å². The zero-order valence-electron chi connectivity index (χ0n) is 11.1. The number of aliphatic carboxylic acids is 1. The van der Waals surface area contributed by atoms with E-state index in [9.17, 15) is 9.90 Å². The molecule has 4 atom stereocenters. The van der Waals surface area contributed by atoms with Gasteiger partial charge in [0.1, 0.15) is 6.04 Å². The highest BCUT2D eigenvalue weighted by molar-refractivity contribution is 5.73. The Labute approximate surface area is 109 Å². The summed E-state index contributed by atoms with van der Waals surface area (Å²) >= 11 is 0. The molecule has 4 nitrogen and oxygen atoms in total. The fraction of sp³-hybridized carbons (Fsp3) is 0.929. The Balaban J connectivity index is 1.69. The van der Waals surface area contributed by atoms with Crippen molar-refractivity contribution >= 4 is 5.97 Å². The van der Waals surface area contributed by atoms with Crippen LogP contribution >= 0.6 is 0 Å². The van der Waals surface area contributed by atoms with Gasteiger partial charge in [-0.3, -0.25) is 9.69 Å². The molecular weight excluding hydrogens is 228 g/mol. The summed E-state index contributed by atoms with van der Waals surface area (Å²) in [7, 11) is 1.76. The summed E-state index contributed by atoms with van der Waals surface area (Å²) < 4.78 is 0. The van der Waals surface area contributed by atoms with Gasteiger partial charge in [0.2, 0.25) is 0 Å². The number of likely N-dealkylation sites (N-methyl/N-ethyl adjacent to an activating group) is 1. The fourth-order valence-corrected chi connectivity index (χ4v) is 4.73. The van der Waals surface area contributed by atoms with Gasteiger partial charge in [-0.25, -0.2) is 0 Å². The molecule has 3 heterocycles. The number of carboxylic acids is 1. The minimum absolute atomic E-state index is 0.365. The lowest BCUT2D eigenvalue weighted by Crippen LogP contribution is -2.55. The highest BCUT2D eigenvalue weighted by Gasteiger charge is 2.49. The van der Waals surface area contributed by atoms with E-state index in [2.05, 4.69) is 10.2 Å². The molecule has 4 heteroatoms. The van der Waals surface area contributed by atoms with Crippen LogP contribution in [0.25, 0.3) is 0 Å². The van der Waals surface area contributed by atoms with Crippen molar-refractivity contribution < 1.29 is 9.90 Å². The largest absolute Gasteiger partial charge is 0.480 e. The maximum absolute atomic E-state index is 11.2. The molecule has 0 aromatic heterocycles. The van der Waals surface area contributed by atoms with E-state index < -0.39 is 5.97 Å². The van der Waals surface area contributed by atoms with Gasteiger partial charge in [0.05, 0.1) is 0 Å². The monoisotopic (exact) mass is 252 g/mol. The lowest BCUT2D eigenvalue weighted by molar-refractivity contribution is -0.140. The fourth-order valence-electron chi connectivity index (χ4n) is 4.73. The summed E-state index contributed by atoms with van der Waals surface area (Å²) in [6.45, 7) is 2.50. The smallest absolute Gasteiger partial charge is 0.320 e. The number of nitrogens with zero attached hydrogens (tertiary/aromatic N) is 1. The topological polar surface area (TPSA) is 52.6 Å².